The average Bonchev–Trinajstić information content (AvgIpc) is 3.21. The minimum absolute atomic E-state index is 0.134. The maximum absolute atomic E-state index is 13.0. The number of nitrogens with one attached hydrogen (secondary N) is 1. The van der Waals surface area contributed by atoms with Crippen LogP contribution in [0.1, 0.15) is 23.3 Å². The van der Waals surface area contributed by atoms with Gasteiger partial charge >= 0.3 is 5.97 Å². The van der Waals surface area contributed by atoms with Crippen LogP contribution in [-0.2, 0) is 9.53 Å². The van der Waals surface area contributed by atoms with Crippen LogP contribution in [-0.4, -0.2) is 57.9 Å². The molecule has 1 aliphatic rings. The number of hydrogen-bond donors (Lipinski definition) is 2. The maximum Gasteiger partial charge on any atom is 0.305 e. The third-order valence-electron chi connectivity index (χ3n) is 4.33. The monoisotopic (exact) mass is 347 g/mol. The summed E-state index contributed by atoms with van der Waals surface area (Å²) in [6.45, 7) is 0.332. The van der Waals surface area contributed by atoms with Crippen molar-refractivity contribution in [2.24, 2.45) is 0 Å². The highest BCUT2D eigenvalue weighted by Gasteiger charge is 2.37. The van der Waals surface area contributed by atoms with Gasteiger partial charge in [0.1, 0.15) is 11.5 Å². The Morgan fingerprint density at radius 1 is 1.40 bits per heavy atom. The molecule has 1 amide bonds. The predicted molar refractivity (Wildman–Crippen MR) is 86.5 cm³/mol. The van der Waals surface area contributed by atoms with Crippen molar-refractivity contribution in [1.29, 1.82) is 0 Å². The van der Waals surface area contributed by atoms with Gasteiger partial charge in [-0.05, 0) is 36.8 Å². The molecule has 0 saturated carbocycles. The van der Waals surface area contributed by atoms with Gasteiger partial charge in [-0.25, -0.2) is 4.39 Å². The number of rotatable bonds is 5. The molecule has 8 heteroatoms. The second kappa shape index (κ2) is 7.02. The predicted octanol–water partition coefficient (Wildman–Crippen LogP) is 1.92. The first-order chi connectivity index (χ1) is 12.0. The van der Waals surface area contributed by atoms with Crippen molar-refractivity contribution in [1.82, 2.24) is 15.1 Å². The van der Waals surface area contributed by atoms with Gasteiger partial charge in [-0.15, -0.1) is 0 Å². The summed E-state index contributed by atoms with van der Waals surface area (Å²) in [6, 6.07) is 6.93. The lowest BCUT2D eigenvalue weighted by Gasteiger charge is -2.22. The number of carbonyl (C=O) groups excluding carboxylic acids is 1. The number of aliphatic carboxylic acids is 1. The Bertz CT molecular complexity index is 774. The number of aromatic amines is 1. The van der Waals surface area contributed by atoms with E-state index in [1.165, 1.54) is 17.0 Å². The molecule has 7 nitrogen and oxygen atoms in total. The zero-order valence-corrected chi connectivity index (χ0v) is 13.6. The number of ether oxygens (including phenoxy) is 1. The molecule has 1 aromatic carbocycles. The molecule has 2 unspecified atom stereocenters. The second-order valence-electron chi connectivity index (χ2n) is 5.98. The summed E-state index contributed by atoms with van der Waals surface area (Å²) in [5, 5.41) is 15.8. The number of carboxylic acids is 1. The number of carboxylic acid groups (broad SMARTS) is 1. The van der Waals surface area contributed by atoms with E-state index in [-0.39, 0.29) is 29.9 Å². The number of amides is 1. The molecule has 132 valence electrons. The van der Waals surface area contributed by atoms with Crippen LogP contribution in [0.5, 0.6) is 0 Å². The van der Waals surface area contributed by atoms with Gasteiger partial charge in [-0.2, -0.15) is 5.10 Å². The number of hydrogen-bond acceptors (Lipinski definition) is 4. The number of H-pyrrole nitrogens is 1. The van der Waals surface area contributed by atoms with Crippen LogP contribution < -0.4 is 0 Å². The SMILES string of the molecule is COC1CC(CC(=O)O)N(C(=O)c2cc(-c3ccc(F)cc3)n[nH]2)C1. The summed E-state index contributed by atoms with van der Waals surface area (Å²) in [6.07, 6.45) is 0.158. The van der Waals surface area contributed by atoms with Gasteiger partial charge in [0, 0.05) is 25.3 Å². The van der Waals surface area contributed by atoms with Gasteiger partial charge in [0.25, 0.3) is 5.91 Å². The highest BCUT2D eigenvalue weighted by molar-refractivity contribution is 5.94. The van der Waals surface area contributed by atoms with Gasteiger partial charge in [-0.1, -0.05) is 0 Å². The Morgan fingerprint density at radius 3 is 2.76 bits per heavy atom. The standard InChI is InChI=1S/C17H18FN3O4/c1-25-13-6-12(7-16(22)23)21(9-13)17(24)15-8-14(19-20-15)10-2-4-11(18)5-3-10/h2-5,8,12-13H,6-7,9H2,1H3,(H,19,20)(H,22,23). The number of benzene rings is 1. The van der Waals surface area contributed by atoms with E-state index in [4.69, 9.17) is 9.84 Å². The molecule has 1 aromatic heterocycles. The fourth-order valence-electron chi connectivity index (χ4n) is 3.04. The largest absolute Gasteiger partial charge is 0.481 e. The Morgan fingerprint density at radius 2 is 2.12 bits per heavy atom. The number of likely N-dealkylation sites (tertiary alicyclic amines) is 1. The number of nitrogens with zero attached hydrogens (tertiary/aromatic N) is 2. The molecule has 1 aliphatic heterocycles. The van der Waals surface area contributed by atoms with Crippen LogP contribution in [0.15, 0.2) is 30.3 Å². The van der Waals surface area contributed by atoms with E-state index in [0.717, 1.165) is 0 Å². The van der Waals surface area contributed by atoms with Crippen LogP contribution in [0.2, 0.25) is 0 Å². The Labute approximate surface area is 143 Å². The van der Waals surface area contributed by atoms with Gasteiger partial charge in [0.05, 0.1) is 18.2 Å². The van der Waals surface area contributed by atoms with E-state index in [0.29, 0.717) is 24.2 Å². The van der Waals surface area contributed by atoms with Gasteiger partial charge in [0.2, 0.25) is 0 Å². The van der Waals surface area contributed by atoms with Crippen LogP contribution >= 0.6 is 0 Å². The van der Waals surface area contributed by atoms with Crippen LogP contribution in [0.25, 0.3) is 11.3 Å². The minimum atomic E-state index is -0.962. The van der Waals surface area contributed by atoms with Crippen molar-refractivity contribution < 1.29 is 23.8 Å². The first kappa shape index (κ1) is 17.1. The van der Waals surface area contributed by atoms with Crippen molar-refractivity contribution in [2.45, 2.75) is 25.0 Å². The van der Waals surface area contributed by atoms with Crippen molar-refractivity contribution in [3.63, 3.8) is 0 Å². The number of carbonyl (C=O) groups is 2. The molecule has 2 N–H and O–H groups in total. The third-order valence-corrected chi connectivity index (χ3v) is 4.33. The summed E-state index contributed by atoms with van der Waals surface area (Å²) in [5.74, 6) is -1.64. The summed E-state index contributed by atoms with van der Waals surface area (Å²) in [7, 11) is 1.54. The quantitative estimate of drug-likeness (QED) is 0.861. The summed E-state index contributed by atoms with van der Waals surface area (Å²) in [5.41, 5.74) is 1.45. The zero-order chi connectivity index (χ0) is 18.0. The van der Waals surface area contributed by atoms with E-state index in [1.54, 1.807) is 25.3 Å². The Balaban J connectivity index is 1.80. The highest BCUT2D eigenvalue weighted by Crippen LogP contribution is 2.25. The first-order valence-electron chi connectivity index (χ1n) is 7.85. The van der Waals surface area contributed by atoms with Gasteiger partial charge in [0.15, 0.2) is 0 Å². The molecule has 2 aromatic rings. The zero-order valence-electron chi connectivity index (χ0n) is 13.6. The van der Waals surface area contributed by atoms with Gasteiger partial charge in [-0.3, -0.25) is 14.7 Å². The minimum Gasteiger partial charge on any atom is -0.481 e. The molecule has 3 rings (SSSR count). The summed E-state index contributed by atoms with van der Waals surface area (Å²) in [4.78, 5) is 25.3. The molecule has 0 spiro atoms. The molecule has 2 heterocycles. The van der Waals surface area contributed by atoms with Crippen LogP contribution in [0.3, 0.4) is 0 Å². The number of methoxy groups -OCH3 is 1. The normalized spacial score (nSPS) is 20.0. The molecular weight excluding hydrogens is 329 g/mol. The smallest absolute Gasteiger partial charge is 0.305 e. The Hall–Kier alpha value is -2.74. The summed E-state index contributed by atoms with van der Waals surface area (Å²) >= 11 is 0. The fourth-order valence-corrected chi connectivity index (χ4v) is 3.04. The summed E-state index contributed by atoms with van der Waals surface area (Å²) < 4.78 is 18.3. The van der Waals surface area contributed by atoms with Crippen molar-refractivity contribution >= 4 is 11.9 Å². The lowest BCUT2D eigenvalue weighted by Crippen LogP contribution is -2.37. The molecule has 1 fully saturated rings. The second-order valence-corrected chi connectivity index (χ2v) is 5.98. The highest BCUT2D eigenvalue weighted by atomic mass is 19.1. The average molecular weight is 347 g/mol. The third kappa shape index (κ3) is 3.69. The number of aromatic nitrogens is 2. The molecular formula is C17H18FN3O4. The van der Waals surface area contributed by atoms with E-state index in [1.807, 2.05) is 0 Å². The maximum atomic E-state index is 13.0. The first-order valence-corrected chi connectivity index (χ1v) is 7.85. The van der Waals surface area contributed by atoms with Crippen LogP contribution in [0, 0.1) is 5.82 Å². The van der Waals surface area contributed by atoms with E-state index < -0.39 is 12.0 Å². The molecule has 0 bridgehead atoms. The van der Waals surface area contributed by atoms with Crippen molar-refractivity contribution in [3.8, 4) is 11.3 Å². The topological polar surface area (TPSA) is 95.5 Å². The molecule has 0 aliphatic carbocycles. The molecule has 25 heavy (non-hydrogen) atoms. The van der Waals surface area contributed by atoms with E-state index in [9.17, 15) is 14.0 Å². The fraction of sp³-hybridized carbons (Fsp3) is 0.353. The number of halogens is 1. The van der Waals surface area contributed by atoms with E-state index in [2.05, 4.69) is 10.2 Å². The lowest BCUT2D eigenvalue weighted by atomic mass is 10.1. The van der Waals surface area contributed by atoms with Gasteiger partial charge < -0.3 is 14.7 Å². The Kier molecular flexibility index (Phi) is 4.80. The van der Waals surface area contributed by atoms with Crippen LogP contribution in [0.4, 0.5) is 4.39 Å². The molecule has 1 saturated heterocycles. The molecule has 2 atom stereocenters. The lowest BCUT2D eigenvalue weighted by molar-refractivity contribution is -0.138. The van der Waals surface area contributed by atoms with E-state index >= 15 is 0 Å². The van der Waals surface area contributed by atoms with Crippen molar-refractivity contribution in [2.75, 3.05) is 13.7 Å². The molecule has 0 radical (unpaired) electrons. The van der Waals surface area contributed by atoms with Crippen molar-refractivity contribution in [3.05, 3.63) is 41.8 Å².